The van der Waals surface area contributed by atoms with Crippen molar-refractivity contribution in [2.75, 3.05) is 0 Å². The van der Waals surface area contributed by atoms with Gasteiger partial charge in [-0.05, 0) is 12.1 Å². The van der Waals surface area contributed by atoms with Crippen molar-refractivity contribution in [1.29, 1.82) is 0 Å². The number of aromatic nitrogens is 4. The molecule has 0 unspecified atom stereocenters. The third-order valence-electron chi connectivity index (χ3n) is 7.18. The maximum Gasteiger partial charge on any atom is 0.164 e. The van der Waals surface area contributed by atoms with Crippen LogP contribution in [-0.2, 0) is 0 Å². The Labute approximate surface area is 212 Å². The lowest BCUT2D eigenvalue weighted by molar-refractivity contribution is 1.07. The van der Waals surface area contributed by atoms with Gasteiger partial charge in [-0.15, -0.1) is 0 Å². The van der Waals surface area contributed by atoms with Crippen molar-refractivity contribution in [1.82, 2.24) is 19.4 Å². The summed E-state index contributed by atoms with van der Waals surface area (Å²) in [5.41, 5.74) is 6.54. The highest BCUT2D eigenvalue weighted by molar-refractivity contribution is 6.23. The Morgan fingerprint density at radius 2 is 0.892 bits per heavy atom. The fraction of sp³-hybridized carbons (Fsp3) is 0. The predicted molar refractivity (Wildman–Crippen MR) is 151 cm³/mol. The van der Waals surface area contributed by atoms with E-state index in [0.717, 1.165) is 22.2 Å². The molecule has 3 heterocycles. The molecule has 0 spiro atoms. The van der Waals surface area contributed by atoms with Crippen LogP contribution in [0.15, 0.2) is 121 Å². The summed E-state index contributed by atoms with van der Waals surface area (Å²) in [6, 6.07) is 42.0. The largest absolute Gasteiger partial charge is 0.308 e. The second kappa shape index (κ2) is 7.70. The average molecular weight is 473 g/mol. The molecule has 5 aromatic carbocycles. The van der Waals surface area contributed by atoms with Gasteiger partial charge in [-0.1, -0.05) is 109 Å². The summed E-state index contributed by atoms with van der Waals surface area (Å²) >= 11 is 0. The molecule has 0 atom stereocenters. The monoisotopic (exact) mass is 472 g/mol. The summed E-state index contributed by atoms with van der Waals surface area (Å²) in [7, 11) is 0. The van der Waals surface area contributed by atoms with Crippen LogP contribution in [-0.4, -0.2) is 19.4 Å². The smallest absolute Gasteiger partial charge is 0.164 e. The van der Waals surface area contributed by atoms with Crippen LogP contribution >= 0.6 is 0 Å². The zero-order chi connectivity index (χ0) is 24.3. The molecule has 0 saturated carbocycles. The van der Waals surface area contributed by atoms with Gasteiger partial charge in [0, 0.05) is 38.2 Å². The number of benzene rings is 5. The molecular weight excluding hydrogens is 452 g/mol. The standard InChI is InChI=1S/C33H20N4/c1-3-10-21(11-4-1)31-34-32(22-12-5-2-6-13-22)36-33(35-31)23-18-19-25-27-16-9-15-26-24-14-7-8-17-28(24)37(30(26)27)29(25)20-23/h1-20H. The van der Waals surface area contributed by atoms with E-state index in [-0.39, 0.29) is 0 Å². The van der Waals surface area contributed by atoms with Crippen LogP contribution in [0.2, 0.25) is 0 Å². The van der Waals surface area contributed by atoms with E-state index in [1.54, 1.807) is 0 Å². The molecule has 0 saturated heterocycles. The van der Waals surface area contributed by atoms with Crippen LogP contribution in [0.25, 0.3) is 72.3 Å². The summed E-state index contributed by atoms with van der Waals surface area (Å²) in [4.78, 5) is 14.7. The highest BCUT2D eigenvalue weighted by Gasteiger charge is 2.18. The number of fused-ring (bicyclic) bond motifs is 6. The van der Waals surface area contributed by atoms with E-state index < -0.39 is 0 Å². The summed E-state index contributed by atoms with van der Waals surface area (Å²) in [6.45, 7) is 0. The Hall–Kier alpha value is -5.09. The number of hydrogen-bond acceptors (Lipinski definition) is 3. The molecule has 0 aliphatic rings. The van der Waals surface area contributed by atoms with Crippen molar-refractivity contribution in [3.63, 3.8) is 0 Å². The molecule has 0 bridgehead atoms. The second-order valence-corrected chi connectivity index (χ2v) is 9.32. The zero-order valence-electron chi connectivity index (χ0n) is 19.8. The van der Waals surface area contributed by atoms with E-state index in [1.807, 2.05) is 60.7 Å². The Bertz CT molecular complexity index is 2020. The number of para-hydroxylation sites is 2. The first-order valence-corrected chi connectivity index (χ1v) is 12.4. The SMILES string of the molecule is c1ccc(-c2nc(-c3ccccc3)nc(-c3ccc4c5cccc6c7ccccc7n(c4c3)c65)n2)cc1. The van der Waals surface area contributed by atoms with E-state index in [1.165, 1.54) is 32.6 Å². The molecule has 3 aromatic heterocycles. The van der Waals surface area contributed by atoms with E-state index in [9.17, 15) is 0 Å². The van der Waals surface area contributed by atoms with Crippen molar-refractivity contribution < 1.29 is 0 Å². The zero-order valence-corrected chi connectivity index (χ0v) is 19.8. The highest BCUT2D eigenvalue weighted by Crippen LogP contribution is 2.39. The second-order valence-electron chi connectivity index (χ2n) is 9.32. The summed E-state index contributed by atoms with van der Waals surface area (Å²) < 4.78 is 2.39. The van der Waals surface area contributed by atoms with Crippen LogP contribution in [0, 0.1) is 0 Å². The Balaban J connectivity index is 1.42. The highest BCUT2D eigenvalue weighted by atomic mass is 15.0. The van der Waals surface area contributed by atoms with Gasteiger partial charge >= 0.3 is 0 Å². The molecule has 8 aromatic rings. The first kappa shape index (κ1) is 20.1. The fourth-order valence-corrected chi connectivity index (χ4v) is 5.51. The van der Waals surface area contributed by atoms with E-state index in [2.05, 4.69) is 65.1 Å². The summed E-state index contributed by atoms with van der Waals surface area (Å²) in [5, 5.41) is 5.05. The van der Waals surface area contributed by atoms with Gasteiger partial charge in [0.05, 0.1) is 16.6 Å². The van der Waals surface area contributed by atoms with Crippen molar-refractivity contribution >= 4 is 38.1 Å². The number of rotatable bonds is 3. The third-order valence-corrected chi connectivity index (χ3v) is 7.18. The fourth-order valence-electron chi connectivity index (χ4n) is 5.51. The molecule has 0 aliphatic heterocycles. The van der Waals surface area contributed by atoms with Crippen LogP contribution in [0.4, 0.5) is 0 Å². The number of nitrogens with zero attached hydrogens (tertiary/aromatic N) is 4. The maximum atomic E-state index is 4.94. The van der Waals surface area contributed by atoms with E-state index in [4.69, 9.17) is 15.0 Å². The van der Waals surface area contributed by atoms with Gasteiger partial charge in [0.15, 0.2) is 17.5 Å². The molecule has 4 heteroatoms. The Morgan fingerprint density at radius 3 is 1.54 bits per heavy atom. The van der Waals surface area contributed by atoms with Crippen LogP contribution < -0.4 is 0 Å². The lowest BCUT2D eigenvalue weighted by atomic mass is 10.1. The maximum absolute atomic E-state index is 4.94. The molecule has 0 N–H and O–H groups in total. The molecule has 37 heavy (non-hydrogen) atoms. The first-order valence-electron chi connectivity index (χ1n) is 12.4. The molecule has 8 rings (SSSR count). The van der Waals surface area contributed by atoms with Gasteiger partial charge in [-0.3, -0.25) is 0 Å². The average Bonchev–Trinajstić information content (AvgIpc) is 3.50. The number of hydrogen-bond donors (Lipinski definition) is 0. The van der Waals surface area contributed by atoms with Gasteiger partial charge in [-0.2, -0.15) is 0 Å². The molecule has 0 fully saturated rings. The van der Waals surface area contributed by atoms with Crippen molar-refractivity contribution in [3.05, 3.63) is 121 Å². The van der Waals surface area contributed by atoms with Gasteiger partial charge in [0.25, 0.3) is 0 Å². The summed E-state index contributed by atoms with van der Waals surface area (Å²) in [5.74, 6) is 2.00. The first-order chi connectivity index (χ1) is 18.3. The third kappa shape index (κ3) is 2.99. The minimum absolute atomic E-state index is 0.666. The normalized spacial score (nSPS) is 11.8. The van der Waals surface area contributed by atoms with Gasteiger partial charge in [0.1, 0.15) is 0 Å². The van der Waals surface area contributed by atoms with Gasteiger partial charge < -0.3 is 4.40 Å². The lowest BCUT2D eigenvalue weighted by Crippen LogP contribution is -2.00. The van der Waals surface area contributed by atoms with E-state index >= 15 is 0 Å². The molecule has 0 aliphatic carbocycles. The Morgan fingerprint density at radius 1 is 0.378 bits per heavy atom. The molecule has 0 amide bonds. The minimum atomic E-state index is 0.666. The minimum Gasteiger partial charge on any atom is -0.308 e. The lowest BCUT2D eigenvalue weighted by Gasteiger charge is -2.09. The summed E-state index contributed by atoms with van der Waals surface area (Å²) in [6.07, 6.45) is 0. The quantitative estimate of drug-likeness (QED) is 0.261. The van der Waals surface area contributed by atoms with Crippen LogP contribution in [0.3, 0.4) is 0 Å². The van der Waals surface area contributed by atoms with Gasteiger partial charge in [-0.25, -0.2) is 15.0 Å². The van der Waals surface area contributed by atoms with Crippen molar-refractivity contribution in [2.24, 2.45) is 0 Å². The van der Waals surface area contributed by atoms with Crippen LogP contribution in [0.5, 0.6) is 0 Å². The Kier molecular flexibility index (Phi) is 4.19. The molecule has 4 nitrogen and oxygen atoms in total. The van der Waals surface area contributed by atoms with E-state index in [0.29, 0.717) is 17.5 Å². The molecule has 172 valence electrons. The molecule has 0 radical (unpaired) electrons. The van der Waals surface area contributed by atoms with Crippen molar-refractivity contribution in [3.8, 4) is 34.2 Å². The molecular formula is C33H20N4. The van der Waals surface area contributed by atoms with Crippen LogP contribution in [0.1, 0.15) is 0 Å². The predicted octanol–water partition coefficient (Wildman–Crippen LogP) is 8.02. The van der Waals surface area contributed by atoms with Gasteiger partial charge in [0.2, 0.25) is 0 Å². The van der Waals surface area contributed by atoms with Crippen molar-refractivity contribution in [2.45, 2.75) is 0 Å². The topological polar surface area (TPSA) is 43.1 Å².